The summed E-state index contributed by atoms with van der Waals surface area (Å²) in [6.45, 7) is 4.00. The lowest BCUT2D eigenvalue weighted by molar-refractivity contribution is 0.474. The fourth-order valence-electron chi connectivity index (χ4n) is 1.90. The second-order valence-corrected chi connectivity index (χ2v) is 4.17. The Kier molecular flexibility index (Phi) is 3.15. The van der Waals surface area contributed by atoms with Crippen molar-refractivity contribution in [3.8, 4) is 11.4 Å². The Morgan fingerprint density at radius 3 is 2.88 bits per heavy atom. The molecule has 4 nitrogen and oxygen atoms in total. The highest BCUT2D eigenvalue weighted by Gasteiger charge is 2.12. The van der Waals surface area contributed by atoms with Crippen LogP contribution in [0, 0.1) is 6.92 Å². The molecule has 0 saturated carbocycles. The van der Waals surface area contributed by atoms with E-state index >= 15 is 0 Å². The molecule has 1 atom stereocenters. The molecule has 3 N–H and O–H groups in total. The molecular formula is C13H17N3O. The summed E-state index contributed by atoms with van der Waals surface area (Å²) >= 11 is 0. The first-order chi connectivity index (χ1) is 8.13. The van der Waals surface area contributed by atoms with Crippen molar-refractivity contribution < 1.29 is 5.11 Å². The van der Waals surface area contributed by atoms with E-state index in [2.05, 4.69) is 4.98 Å². The van der Waals surface area contributed by atoms with Gasteiger partial charge in [0.1, 0.15) is 5.75 Å². The smallest absolute Gasteiger partial charge is 0.115 e. The van der Waals surface area contributed by atoms with Gasteiger partial charge in [0.05, 0.1) is 23.9 Å². The highest BCUT2D eigenvalue weighted by Crippen LogP contribution is 2.23. The number of aryl methyl sites for hydroxylation is 1. The fraction of sp³-hybridized carbons (Fsp3) is 0.308. The van der Waals surface area contributed by atoms with Crippen LogP contribution in [0.1, 0.15) is 30.6 Å². The van der Waals surface area contributed by atoms with Gasteiger partial charge in [-0.1, -0.05) is 6.92 Å². The molecular weight excluding hydrogens is 214 g/mol. The zero-order chi connectivity index (χ0) is 12.4. The maximum Gasteiger partial charge on any atom is 0.115 e. The van der Waals surface area contributed by atoms with Crippen LogP contribution in [0.5, 0.6) is 5.75 Å². The van der Waals surface area contributed by atoms with E-state index in [1.54, 1.807) is 24.7 Å². The van der Waals surface area contributed by atoms with E-state index in [0.717, 1.165) is 23.4 Å². The van der Waals surface area contributed by atoms with Crippen LogP contribution >= 0.6 is 0 Å². The van der Waals surface area contributed by atoms with Gasteiger partial charge >= 0.3 is 0 Å². The summed E-state index contributed by atoms with van der Waals surface area (Å²) in [4.78, 5) is 4.15. The van der Waals surface area contributed by atoms with E-state index in [0.29, 0.717) is 0 Å². The number of hydrogen-bond donors (Lipinski definition) is 2. The van der Waals surface area contributed by atoms with Gasteiger partial charge < -0.3 is 15.4 Å². The number of benzene rings is 1. The normalized spacial score (nSPS) is 12.6. The molecule has 2 aromatic rings. The highest BCUT2D eigenvalue weighted by atomic mass is 16.3. The largest absolute Gasteiger partial charge is 0.508 e. The third-order valence-corrected chi connectivity index (χ3v) is 2.93. The molecule has 0 bridgehead atoms. The second-order valence-electron chi connectivity index (χ2n) is 4.17. The molecule has 1 aromatic heterocycles. The van der Waals surface area contributed by atoms with Crippen molar-refractivity contribution in [2.45, 2.75) is 26.3 Å². The Hall–Kier alpha value is -1.81. The number of phenols is 1. The number of nitrogens with two attached hydrogens (primary N) is 1. The van der Waals surface area contributed by atoms with Crippen molar-refractivity contribution in [3.05, 3.63) is 42.0 Å². The first kappa shape index (κ1) is 11.7. The number of rotatable bonds is 3. The maximum atomic E-state index is 9.41. The van der Waals surface area contributed by atoms with Gasteiger partial charge in [0.2, 0.25) is 0 Å². The van der Waals surface area contributed by atoms with Crippen LogP contribution < -0.4 is 5.73 Å². The minimum Gasteiger partial charge on any atom is -0.508 e. The Balaban J connectivity index is 2.50. The molecule has 0 unspecified atom stereocenters. The summed E-state index contributed by atoms with van der Waals surface area (Å²) in [7, 11) is 0. The SMILES string of the molecule is CC[C@@H](N)c1cncn1-c1ccc(O)cc1C. The van der Waals surface area contributed by atoms with Crippen LogP contribution in [0.4, 0.5) is 0 Å². The molecule has 0 saturated heterocycles. The highest BCUT2D eigenvalue weighted by molar-refractivity contribution is 5.45. The Morgan fingerprint density at radius 1 is 1.47 bits per heavy atom. The van der Waals surface area contributed by atoms with E-state index in [9.17, 15) is 5.11 Å². The average Bonchev–Trinajstić information content (AvgIpc) is 2.77. The van der Waals surface area contributed by atoms with Crippen LogP contribution in [-0.2, 0) is 0 Å². The third-order valence-electron chi connectivity index (χ3n) is 2.93. The van der Waals surface area contributed by atoms with Crippen LogP contribution in [0.25, 0.3) is 5.69 Å². The van der Waals surface area contributed by atoms with Crippen molar-refractivity contribution in [2.24, 2.45) is 5.73 Å². The van der Waals surface area contributed by atoms with E-state index in [4.69, 9.17) is 5.73 Å². The zero-order valence-electron chi connectivity index (χ0n) is 10.1. The molecule has 2 rings (SSSR count). The lowest BCUT2D eigenvalue weighted by Crippen LogP contribution is -2.13. The van der Waals surface area contributed by atoms with Crippen molar-refractivity contribution in [1.82, 2.24) is 9.55 Å². The van der Waals surface area contributed by atoms with Crippen molar-refractivity contribution in [3.63, 3.8) is 0 Å². The first-order valence-corrected chi connectivity index (χ1v) is 5.71. The van der Waals surface area contributed by atoms with Gasteiger partial charge in [0.25, 0.3) is 0 Å². The fourth-order valence-corrected chi connectivity index (χ4v) is 1.90. The summed E-state index contributed by atoms with van der Waals surface area (Å²) in [5, 5.41) is 9.41. The summed E-state index contributed by atoms with van der Waals surface area (Å²) in [5.41, 5.74) is 9.03. The van der Waals surface area contributed by atoms with Crippen LogP contribution in [0.3, 0.4) is 0 Å². The third kappa shape index (κ3) is 2.17. The quantitative estimate of drug-likeness (QED) is 0.851. The Morgan fingerprint density at radius 2 is 2.24 bits per heavy atom. The predicted octanol–water partition coefficient (Wildman–Crippen LogP) is 2.30. The van der Waals surface area contributed by atoms with Crippen molar-refractivity contribution >= 4 is 0 Å². The minimum absolute atomic E-state index is 0.0225. The topological polar surface area (TPSA) is 64.1 Å². The number of hydrogen-bond acceptors (Lipinski definition) is 3. The lowest BCUT2D eigenvalue weighted by atomic mass is 10.1. The van der Waals surface area contributed by atoms with Gasteiger partial charge in [-0.3, -0.25) is 0 Å². The summed E-state index contributed by atoms with van der Waals surface area (Å²) in [6, 6.07) is 5.25. The van der Waals surface area contributed by atoms with E-state index < -0.39 is 0 Å². The minimum atomic E-state index is -0.0225. The number of imidazole rings is 1. The summed E-state index contributed by atoms with van der Waals surface area (Å²) < 4.78 is 1.98. The van der Waals surface area contributed by atoms with Crippen molar-refractivity contribution in [2.75, 3.05) is 0 Å². The van der Waals surface area contributed by atoms with Gasteiger partial charge in [-0.25, -0.2) is 4.98 Å². The van der Waals surface area contributed by atoms with E-state index in [-0.39, 0.29) is 11.8 Å². The number of phenolic OH excluding ortho intramolecular Hbond substituents is 1. The lowest BCUT2D eigenvalue weighted by Gasteiger charge is -2.14. The molecule has 17 heavy (non-hydrogen) atoms. The standard InChI is InChI=1S/C13H17N3O/c1-3-11(14)13-7-15-8-16(13)12-5-4-10(17)6-9(12)2/h4-8,11,17H,3,14H2,1-2H3/t11-/m1/s1. The van der Waals surface area contributed by atoms with Gasteiger partial charge in [-0.2, -0.15) is 0 Å². The molecule has 1 heterocycles. The Bertz CT molecular complexity index is 519. The van der Waals surface area contributed by atoms with Crippen molar-refractivity contribution in [1.29, 1.82) is 0 Å². The van der Waals surface area contributed by atoms with E-state index in [1.165, 1.54) is 0 Å². The van der Waals surface area contributed by atoms with Crippen LogP contribution in [0.15, 0.2) is 30.7 Å². The number of aromatic hydroxyl groups is 1. The molecule has 0 aliphatic carbocycles. The second kappa shape index (κ2) is 4.59. The van der Waals surface area contributed by atoms with E-state index in [1.807, 2.05) is 24.5 Å². The molecule has 0 amide bonds. The monoisotopic (exact) mass is 231 g/mol. The van der Waals surface area contributed by atoms with Crippen LogP contribution in [0.2, 0.25) is 0 Å². The maximum absolute atomic E-state index is 9.41. The van der Waals surface area contributed by atoms with Gasteiger partial charge in [0, 0.05) is 6.04 Å². The summed E-state index contributed by atoms with van der Waals surface area (Å²) in [5.74, 6) is 0.271. The number of aromatic nitrogens is 2. The molecule has 0 fully saturated rings. The molecule has 90 valence electrons. The predicted molar refractivity (Wildman–Crippen MR) is 67.2 cm³/mol. The molecule has 0 aliphatic rings. The molecule has 0 aliphatic heterocycles. The summed E-state index contributed by atoms with van der Waals surface area (Å²) in [6.07, 6.45) is 4.41. The van der Waals surface area contributed by atoms with Crippen LogP contribution in [-0.4, -0.2) is 14.7 Å². The van der Waals surface area contributed by atoms with Gasteiger partial charge in [-0.15, -0.1) is 0 Å². The number of nitrogens with zero attached hydrogens (tertiary/aromatic N) is 2. The first-order valence-electron chi connectivity index (χ1n) is 5.71. The van der Waals surface area contributed by atoms with Gasteiger partial charge in [-0.05, 0) is 37.1 Å². The zero-order valence-corrected chi connectivity index (χ0v) is 10.1. The molecule has 4 heteroatoms. The van der Waals surface area contributed by atoms with Gasteiger partial charge in [0.15, 0.2) is 0 Å². The molecule has 1 aromatic carbocycles. The Labute approximate surface area is 101 Å². The molecule has 0 spiro atoms. The average molecular weight is 231 g/mol. The molecule has 0 radical (unpaired) electrons.